The Morgan fingerprint density at radius 2 is 1.83 bits per heavy atom. The molecule has 3 nitrogen and oxygen atoms in total. The number of aliphatic carboxylic acids is 1. The number of carbonyl (C=O) groups is 1. The predicted octanol–water partition coefficient (Wildman–Crippen LogP) is 2.59. The molecule has 0 bridgehead atoms. The Labute approximate surface area is 108 Å². The van der Waals surface area contributed by atoms with Gasteiger partial charge in [-0.1, -0.05) is 30.3 Å². The van der Waals surface area contributed by atoms with E-state index in [1.54, 1.807) is 0 Å². The first-order valence-electron chi connectivity index (χ1n) is 6.42. The quantitative estimate of drug-likeness (QED) is 0.873. The van der Waals surface area contributed by atoms with Gasteiger partial charge in [0.15, 0.2) is 0 Å². The Balaban J connectivity index is 2.26. The lowest BCUT2D eigenvalue weighted by atomic mass is 9.89. The van der Waals surface area contributed by atoms with Gasteiger partial charge in [0.2, 0.25) is 0 Å². The van der Waals surface area contributed by atoms with E-state index in [0.717, 1.165) is 12.1 Å². The van der Waals surface area contributed by atoms with E-state index in [4.69, 9.17) is 0 Å². The maximum Gasteiger partial charge on any atom is 0.308 e. The molecule has 0 amide bonds. The van der Waals surface area contributed by atoms with Gasteiger partial charge in [-0.05, 0) is 26.3 Å². The van der Waals surface area contributed by atoms with Crippen LogP contribution in [-0.2, 0) is 4.79 Å². The first kappa shape index (κ1) is 13.1. The molecule has 3 heteroatoms. The summed E-state index contributed by atoms with van der Waals surface area (Å²) in [6.07, 6.45) is 0. The van der Waals surface area contributed by atoms with Crippen molar-refractivity contribution in [1.82, 2.24) is 4.90 Å². The van der Waals surface area contributed by atoms with Crippen molar-refractivity contribution >= 4 is 5.97 Å². The van der Waals surface area contributed by atoms with Gasteiger partial charge in [0.05, 0.1) is 5.92 Å². The smallest absolute Gasteiger partial charge is 0.308 e. The van der Waals surface area contributed by atoms with Crippen LogP contribution >= 0.6 is 0 Å². The van der Waals surface area contributed by atoms with Gasteiger partial charge in [0.25, 0.3) is 0 Å². The van der Waals surface area contributed by atoms with Crippen LogP contribution in [0.2, 0.25) is 0 Å². The van der Waals surface area contributed by atoms with Crippen LogP contribution in [0.15, 0.2) is 30.3 Å². The normalized spacial score (nSPS) is 25.3. The molecule has 0 aliphatic carbocycles. The lowest BCUT2D eigenvalue weighted by Gasteiger charge is -2.31. The van der Waals surface area contributed by atoms with Gasteiger partial charge in [0, 0.05) is 24.5 Å². The van der Waals surface area contributed by atoms with Crippen LogP contribution in [0.5, 0.6) is 0 Å². The Morgan fingerprint density at radius 3 is 2.33 bits per heavy atom. The van der Waals surface area contributed by atoms with E-state index in [0.29, 0.717) is 6.54 Å². The van der Waals surface area contributed by atoms with Crippen molar-refractivity contribution in [3.8, 4) is 0 Å². The fraction of sp³-hybridized carbons (Fsp3) is 0.533. The number of hydrogen-bond donors (Lipinski definition) is 1. The number of nitrogens with zero attached hydrogens (tertiary/aromatic N) is 1. The van der Waals surface area contributed by atoms with Gasteiger partial charge in [-0.2, -0.15) is 0 Å². The molecule has 98 valence electrons. The van der Waals surface area contributed by atoms with E-state index in [-0.39, 0.29) is 17.4 Å². The summed E-state index contributed by atoms with van der Waals surface area (Å²) in [5.74, 6) is -0.884. The van der Waals surface area contributed by atoms with E-state index in [2.05, 4.69) is 25.7 Å². The average molecular weight is 247 g/mol. The van der Waals surface area contributed by atoms with Crippen LogP contribution in [0.3, 0.4) is 0 Å². The fourth-order valence-corrected chi connectivity index (χ4v) is 2.64. The molecule has 2 atom stereocenters. The van der Waals surface area contributed by atoms with Crippen molar-refractivity contribution in [1.29, 1.82) is 0 Å². The molecule has 0 radical (unpaired) electrons. The van der Waals surface area contributed by atoms with E-state index in [1.165, 1.54) is 0 Å². The highest BCUT2D eigenvalue weighted by atomic mass is 16.4. The van der Waals surface area contributed by atoms with Crippen molar-refractivity contribution in [3.63, 3.8) is 0 Å². The maximum absolute atomic E-state index is 11.4. The number of rotatable bonds is 2. The zero-order valence-electron chi connectivity index (χ0n) is 11.3. The average Bonchev–Trinajstić information content (AvgIpc) is 2.74. The Kier molecular flexibility index (Phi) is 3.44. The summed E-state index contributed by atoms with van der Waals surface area (Å²) in [5.41, 5.74) is 1.16. The van der Waals surface area contributed by atoms with Crippen molar-refractivity contribution in [2.45, 2.75) is 32.2 Å². The number of likely N-dealkylation sites (tertiary alicyclic amines) is 1. The summed E-state index contributed by atoms with van der Waals surface area (Å²) in [6.45, 7) is 7.88. The molecule has 0 spiro atoms. The standard InChI is InChI=1S/C15H21NO2/c1-15(2,3)16-9-12(13(10-16)14(17)18)11-7-5-4-6-8-11/h4-8,12-13H,9-10H2,1-3H3,(H,17,18)/t12?,13-/m1/s1. The van der Waals surface area contributed by atoms with E-state index in [9.17, 15) is 9.90 Å². The van der Waals surface area contributed by atoms with Gasteiger partial charge in [0.1, 0.15) is 0 Å². The molecule has 2 rings (SSSR count). The summed E-state index contributed by atoms with van der Waals surface area (Å²) in [6, 6.07) is 10.00. The lowest BCUT2D eigenvalue weighted by molar-refractivity contribution is -0.141. The molecule has 1 aromatic carbocycles. The van der Waals surface area contributed by atoms with E-state index in [1.807, 2.05) is 30.3 Å². The minimum Gasteiger partial charge on any atom is -0.481 e. The molecule has 0 aromatic heterocycles. The van der Waals surface area contributed by atoms with E-state index < -0.39 is 5.97 Å². The van der Waals surface area contributed by atoms with Crippen molar-refractivity contribution in [2.24, 2.45) is 5.92 Å². The molecule has 1 unspecified atom stereocenters. The molecule has 1 saturated heterocycles. The summed E-state index contributed by atoms with van der Waals surface area (Å²) >= 11 is 0. The monoisotopic (exact) mass is 247 g/mol. The highest BCUT2D eigenvalue weighted by Gasteiger charge is 2.41. The zero-order valence-corrected chi connectivity index (χ0v) is 11.3. The molecular formula is C15H21NO2. The predicted molar refractivity (Wildman–Crippen MR) is 71.6 cm³/mol. The second-order valence-corrected chi connectivity index (χ2v) is 6.04. The van der Waals surface area contributed by atoms with Gasteiger partial charge in [-0.25, -0.2) is 0 Å². The van der Waals surface area contributed by atoms with Crippen LogP contribution in [0.4, 0.5) is 0 Å². The van der Waals surface area contributed by atoms with Crippen LogP contribution in [0.1, 0.15) is 32.3 Å². The van der Waals surface area contributed by atoms with Gasteiger partial charge in [-0.15, -0.1) is 0 Å². The minimum atomic E-state index is -0.685. The molecule has 1 aromatic rings. The fourth-order valence-electron chi connectivity index (χ4n) is 2.64. The molecule has 18 heavy (non-hydrogen) atoms. The van der Waals surface area contributed by atoms with Crippen LogP contribution in [0, 0.1) is 5.92 Å². The topological polar surface area (TPSA) is 40.5 Å². The highest BCUT2D eigenvalue weighted by Crippen LogP contribution is 2.36. The lowest BCUT2D eigenvalue weighted by Crippen LogP contribution is -2.40. The second-order valence-electron chi connectivity index (χ2n) is 6.04. The van der Waals surface area contributed by atoms with Crippen molar-refractivity contribution in [3.05, 3.63) is 35.9 Å². The van der Waals surface area contributed by atoms with Gasteiger partial charge >= 0.3 is 5.97 Å². The minimum absolute atomic E-state index is 0.0250. The third-order valence-corrected chi connectivity index (χ3v) is 3.81. The molecule has 1 aliphatic heterocycles. The number of carboxylic acid groups (broad SMARTS) is 1. The maximum atomic E-state index is 11.4. The van der Waals surface area contributed by atoms with Crippen LogP contribution in [0.25, 0.3) is 0 Å². The molecule has 1 heterocycles. The summed E-state index contributed by atoms with van der Waals surface area (Å²) in [5, 5.41) is 9.40. The van der Waals surface area contributed by atoms with Crippen LogP contribution in [-0.4, -0.2) is 34.6 Å². The summed E-state index contributed by atoms with van der Waals surface area (Å²) < 4.78 is 0. The Morgan fingerprint density at radius 1 is 1.22 bits per heavy atom. The molecule has 1 aliphatic rings. The third-order valence-electron chi connectivity index (χ3n) is 3.81. The molecule has 1 N–H and O–H groups in total. The van der Waals surface area contributed by atoms with Crippen molar-refractivity contribution in [2.75, 3.05) is 13.1 Å². The first-order chi connectivity index (χ1) is 8.39. The second kappa shape index (κ2) is 4.73. The Hall–Kier alpha value is -1.35. The zero-order chi connectivity index (χ0) is 13.3. The molecule has 1 fully saturated rings. The Bertz CT molecular complexity index is 422. The first-order valence-corrected chi connectivity index (χ1v) is 6.42. The number of hydrogen-bond acceptors (Lipinski definition) is 2. The molecule has 0 saturated carbocycles. The summed E-state index contributed by atoms with van der Waals surface area (Å²) in [4.78, 5) is 13.7. The van der Waals surface area contributed by atoms with E-state index >= 15 is 0 Å². The number of carboxylic acids is 1. The van der Waals surface area contributed by atoms with Gasteiger partial charge < -0.3 is 5.11 Å². The third kappa shape index (κ3) is 2.56. The molecular weight excluding hydrogens is 226 g/mol. The van der Waals surface area contributed by atoms with Crippen LogP contribution < -0.4 is 0 Å². The van der Waals surface area contributed by atoms with Crippen molar-refractivity contribution < 1.29 is 9.90 Å². The number of benzene rings is 1. The largest absolute Gasteiger partial charge is 0.481 e. The summed E-state index contributed by atoms with van der Waals surface area (Å²) in [7, 11) is 0. The SMILES string of the molecule is CC(C)(C)N1CC(c2ccccc2)[C@H](C(=O)O)C1. The van der Waals surface area contributed by atoms with Gasteiger partial charge in [-0.3, -0.25) is 9.69 Å². The highest BCUT2D eigenvalue weighted by molar-refractivity contribution is 5.72.